The van der Waals surface area contributed by atoms with Crippen molar-refractivity contribution in [3.63, 3.8) is 0 Å². The molecular weight excluding hydrogens is 363 g/mol. The third-order valence-electron chi connectivity index (χ3n) is 3.89. The molecule has 1 N–H and O–H groups in total. The smallest absolute Gasteiger partial charge is 0.453 e. The normalized spacial score (nSPS) is 12.8. The first-order valence-electron chi connectivity index (χ1n) is 8.01. The fraction of sp³-hybridized carbons (Fsp3) is 0.294. The summed E-state index contributed by atoms with van der Waals surface area (Å²) < 4.78 is 44.1. The van der Waals surface area contributed by atoms with Crippen molar-refractivity contribution in [3.8, 4) is 0 Å². The van der Waals surface area contributed by atoms with Crippen LogP contribution in [0.15, 0.2) is 36.4 Å². The lowest BCUT2D eigenvalue weighted by molar-refractivity contribution is -0.146. The first-order valence-corrected chi connectivity index (χ1v) is 8.01. The molecule has 2 aromatic heterocycles. The predicted molar refractivity (Wildman–Crippen MR) is 90.4 cm³/mol. The van der Waals surface area contributed by atoms with Gasteiger partial charge in [-0.25, -0.2) is 0 Å². The van der Waals surface area contributed by atoms with Crippen molar-refractivity contribution in [1.82, 2.24) is 19.8 Å². The Morgan fingerprint density at radius 1 is 1.19 bits per heavy atom. The summed E-state index contributed by atoms with van der Waals surface area (Å²) in [5, 5.41) is 13.4. The quantitative estimate of drug-likeness (QED) is 0.686. The van der Waals surface area contributed by atoms with E-state index in [1.54, 1.807) is 19.1 Å². The molecular formula is C17H16F3N5O2. The van der Waals surface area contributed by atoms with Crippen LogP contribution >= 0.6 is 0 Å². The van der Waals surface area contributed by atoms with Gasteiger partial charge in [-0.3, -0.25) is 4.79 Å². The fourth-order valence-electron chi connectivity index (χ4n) is 2.54. The number of nitrogens with one attached hydrogen (secondary N) is 1. The Hall–Kier alpha value is -3.17. The number of benzene rings is 1. The van der Waals surface area contributed by atoms with Gasteiger partial charge in [0.2, 0.25) is 0 Å². The number of halogens is 3. The summed E-state index contributed by atoms with van der Waals surface area (Å²) in [6, 6.07) is 10.0. The summed E-state index contributed by atoms with van der Waals surface area (Å²) in [7, 11) is 1.34. The maximum atomic E-state index is 12.9. The number of rotatable bonds is 5. The number of ether oxygens (including phenoxy) is 1. The van der Waals surface area contributed by atoms with E-state index < -0.39 is 12.0 Å². The second-order valence-corrected chi connectivity index (χ2v) is 5.96. The number of hydrogen-bond acceptors (Lipinski definition) is 6. The molecule has 0 fully saturated rings. The van der Waals surface area contributed by atoms with E-state index in [9.17, 15) is 18.0 Å². The van der Waals surface area contributed by atoms with E-state index in [-0.39, 0.29) is 23.4 Å². The zero-order chi connectivity index (χ0) is 19.6. The second-order valence-electron chi connectivity index (χ2n) is 5.96. The van der Waals surface area contributed by atoms with Crippen LogP contribution < -0.4 is 5.32 Å². The number of hydrogen-bond donors (Lipinski definition) is 1. The molecule has 3 aromatic rings. The van der Waals surface area contributed by atoms with Gasteiger partial charge in [-0.05, 0) is 36.2 Å². The lowest BCUT2D eigenvalue weighted by Crippen LogP contribution is -2.15. The summed E-state index contributed by atoms with van der Waals surface area (Å²) in [5.41, 5.74) is 1.57. The molecule has 0 bridgehead atoms. The molecule has 10 heteroatoms. The van der Waals surface area contributed by atoms with Crippen LogP contribution in [0.25, 0.3) is 5.65 Å². The molecule has 0 aliphatic carbocycles. The minimum atomic E-state index is -4.65. The molecule has 1 unspecified atom stereocenters. The van der Waals surface area contributed by atoms with Crippen LogP contribution in [0.4, 0.5) is 24.7 Å². The zero-order valence-electron chi connectivity index (χ0n) is 14.5. The van der Waals surface area contributed by atoms with E-state index in [0.29, 0.717) is 16.6 Å². The van der Waals surface area contributed by atoms with Gasteiger partial charge in [-0.15, -0.1) is 15.3 Å². The van der Waals surface area contributed by atoms with Crippen LogP contribution in [0.1, 0.15) is 18.3 Å². The van der Waals surface area contributed by atoms with Crippen molar-refractivity contribution in [3.05, 3.63) is 47.8 Å². The van der Waals surface area contributed by atoms with Crippen molar-refractivity contribution in [1.29, 1.82) is 0 Å². The van der Waals surface area contributed by atoms with Gasteiger partial charge in [0.15, 0.2) is 11.5 Å². The van der Waals surface area contributed by atoms with Gasteiger partial charge in [0.25, 0.3) is 5.82 Å². The monoisotopic (exact) mass is 379 g/mol. The lowest BCUT2D eigenvalue weighted by atomic mass is 10.0. The van der Waals surface area contributed by atoms with E-state index in [1.807, 2.05) is 12.1 Å². The van der Waals surface area contributed by atoms with Crippen LogP contribution in [0.5, 0.6) is 0 Å². The Labute approximate surface area is 152 Å². The van der Waals surface area contributed by atoms with Gasteiger partial charge in [-0.1, -0.05) is 19.1 Å². The van der Waals surface area contributed by atoms with Crippen molar-refractivity contribution >= 4 is 23.1 Å². The summed E-state index contributed by atoms with van der Waals surface area (Å²) >= 11 is 0. The first kappa shape index (κ1) is 18.6. The summed E-state index contributed by atoms with van der Waals surface area (Å²) in [5.74, 6) is -1.53. The number of esters is 1. The summed E-state index contributed by atoms with van der Waals surface area (Å²) in [6.45, 7) is 1.77. The van der Waals surface area contributed by atoms with E-state index >= 15 is 0 Å². The Morgan fingerprint density at radius 3 is 2.52 bits per heavy atom. The van der Waals surface area contributed by atoms with E-state index in [2.05, 4.69) is 20.6 Å². The number of nitrogens with zero attached hydrogens (tertiary/aromatic N) is 4. The van der Waals surface area contributed by atoms with Crippen LogP contribution in [0.3, 0.4) is 0 Å². The van der Waals surface area contributed by atoms with Crippen LogP contribution in [-0.4, -0.2) is 32.9 Å². The molecule has 142 valence electrons. The van der Waals surface area contributed by atoms with Crippen molar-refractivity contribution < 1.29 is 22.7 Å². The van der Waals surface area contributed by atoms with Crippen LogP contribution in [0, 0.1) is 5.92 Å². The van der Waals surface area contributed by atoms with E-state index in [4.69, 9.17) is 4.74 Å². The molecule has 0 spiro atoms. The fourth-order valence-corrected chi connectivity index (χ4v) is 2.54. The molecule has 7 nitrogen and oxygen atoms in total. The van der Waals surface area contributed by atoms with E-state index in [1.165, 1.54) is 19.2 Å². The molecule has 1 atom stereocenters. The Morgan fingerprint density at radius 2 is 1.89 bits per heavy atom. The van der Waals surface area contributed by atoms with E-state index in [0.717, 1.165) is 5.56 Å². The topological polar surface area (TPSA) is 81.4 Å². The summed E-state index contributed by atoms with van der Waals surface area (Å²) in [6.07, 6.45) is -4.13. The van der Waals surface area contributed by atoms with Crippen LogP contribution in [-0.2, 0) is 22.1 Å². The standard InChI is InChI=1S/C17H16F3N5O2/c1-10(15(26)27-2)9-11-3-5-12(6-4-11)21-13-7-8-14-22-23-16(17(18,19)20)25(14)24-13/h3-8,10H,9H2,1-2H3,(H,21,24). The van der Waals surface area contributed by atoms with Crippen LogP contribution in [0.2, 0.25) is 0 Å². The number of alkyl halides is 3. The Bertz CT molecular complexity index is 953. The van der Waals surface area contributed by atoms with Gasteiger partial charge in [0.1, 0.15) is 0 Å². The highest BCUT2D eigenvalue weighted by molar-refractivity contribution is 5.72. The highest BCUT2D eigenvalue weighted by Gasteiger charge is 2.37. The second kappa shape index (κ2) is 7.22. The number of anilines is 2. The average Bonchev–Trinajstić information content (AvgIpc) is 3.06. The molecule has 0 aliphatic heterocycles. The predicted octanol–water partition coefficient (Wildman–Crippen LogP) is 3.24. The lowest BCUT2D eigenvalue weighted by Gasteiger charge is -2.10. The van der Waals surface area contributed by atoms with Gasteiger partial charge < -0.3 is 10.1 Å². The minimum Gasteiger partial charge on any atom is -0.469 e. The van der Waals surface area contributed by atoms with Crippen molar-refractivity contribution in [2.24, 2.45) is 5.92 Å². The van der Waals surface area contributed by atoms with Crippen molar-refractivity contribution in [2.45, 2.75) is 19.5 Å². The minimum absolute atomic E-state index is 0.0000192. The molecule has 0 aliphatic rings. The molecule has 2 heterocycles. The summed E-state index contributed by atoms with van der Waals surface area (Å²) in [4.78, 5) is 11.5. The number of methoxy groups -OCH3 is 1. The Kier molecular flexibility index (Phi) is 4.98. The van der Waals surface area contributed by atoms with Crippen molar-refractivity contribution in [2.75, 3.05) is 12.4 Å². The molecule has 0 radical (unpaired) electrons. The number of fused-ring (bicyclic) bond motifs is 1. The van der Waals surface area contributed by atoms with Gasteiger partial charge in [0.05, 0.1) is 13.0 Å². The largest absolute Gasteiger partial charge is 0.469 e. The highest BCUT2D eigenvalue weighted by Crippen LogP contribution is 2.28. The maximum Gasteiger partial charge on any atom is 0.453 e. The van der Waals surface area contributed by atoms with Gasteiger partial charge >= 0.3 is 12.1 Å². The Balaban J connectivity index is 1.76. The third kappa shape index (κ3) is 4.15. The molecule has 0 amide bonds. The highest BCUT2D eigenvalue weighted by atomic mass is 19.4. The van der Waals surface area contributed by atoms with Gasteiger partial charge in [-0.2, -0.15) is 17.7 Å². The number of carbonyl (C=O) groups is 1. The number of aromatic nitrogens is 4. The zero-order valence-corrected chi connectivity index (χ0v) is 14.5. The SMILES string of the molecule is COC(=O)C(C)Cc1ccc(Nc2ccc3nnc(C(F)(F)F)n3n2)cc1. The van der Waals surface area contributed by atoms with Gasteiger partial charge in [0, 0.05) is 5.69 Å². The first-order chi connectivity index (χ1) is 12.8. The molecule has 27 heavy (non-hydrogen) atoms. The molecule has 0 saturated carbocycles. The molecule has 3 rings (SSSR count). The third-order valence-corrected chi connectivity index (χ3v) is 3.89. The number of carbonyl (C=O) groups excluding carboxylic acids is 1. The maximum absolute atomic E-state index is 12.9. The molecule has 0 saturated heterocycles. The molecule has 1 aromatic carbocycles. The average molecular weight is 379 g/mol.